The number of hydrogen-bond acceptors (Lipinski definition) is 2. The zero-order valence-corrected chi connectivity index (χ0v) is 17.5. The zero-order valence-electron chi connectivity index (χ0n) is 17.5. The Morgan fingerprint density at radius 2 is 2.03 bits per heavy atom. The van der Waals surface area contributed by atoms with Crippen LogP contribution in [-0.4, -0.2) is 17.4 Å². The molecule has 0 spiro atoms. The van der Waals surface area contributed by atoms with Gasteiger partial charge in [-0.25, -0.2) is 0 Å². The van der Waals surface area contributed by atoms with Crippen molar-refractivity contribution in [1.29, 1.82) is 0 Å². The van der Waals surface area contributed by atoms with E-state index in [9.17, 15) is 4.79 Å². The Balaban J connectivity index is 1.88. The molecule has 0 atom stereocenters. The smallest absolute Gasteiger partial charge is 0.251 e. The first-order valence-electron chi connectivity index (χ1n) is 10.4. The largest absolute Gasteiger partial charge is 0.362 e. The fourth-order valence-electron chi connectivity index (χ4n) is 3.82. The minimum absolute atomic E-state index is 0.0332. The highest BCUT2D eigenvalue weighted by atomic mass is 16.1. The van der Waals surface area contributed by atoms with Crippen molar-refractivity contribution < 1.29 is 4.79 Å². The molecule has 1 aliphatic heterocycles. The van der Waals surface area contributed by atoms with Crippen molar-refractivity contribution in [3.8, 4) is 11.1 Å². The maximum Gasteiger partial charge on any atom is 0.251 e. The molecule has 0 saturated carbocycles. The molecule has 1 amide bonds. The molecule has 4 rings (SSSR count). The van der Waals surface area contributed by atoms with Gasteiger partial charge in [0.05, 0.1) is 5.69 Å². The average Bonchev–Trinajstić information content (AvgIpc) is 3.12. The molecule has 1 aromatic heterocycles. The van der Waals surface area contributed by atoms with Gasteiger partial charge in [-0.05, 0) is 49.3 Å². The van der Waals surface area contributed by atoms with Gasteiger partial charge in [-0.2, -0.15) is 0 Å². The number of nitrogens with one attached hydrogen (secondary N) is 3. The molecule has 3 aromatic rings. The Labute approximate surface area is 177 Å². The first kappa shape index (κ1) is 19.8. The van der Waals surface area contributed by atoms with Crippen molar-refractivity contribution in [2.24, 2.45) is 0 Å². The first-order chi connectivity index (χ1) is 14.6. The van der Waals surface area contributed by atoms with E-state index in [4.69, 9.17) is 0 Å². The molecule has 2 aromatic carbocycles. The van der Waals surface area contributed by atoms with Gasteiger partial charge in [-0.1, -0.05) is 49.8 Å². The monoisotopic (exact) mass is 397 g/mol. The van der Waals surface area contributed by atoms with Gasteiger partial charge in [0.1, 0.15) is 0 Å². The van der Waals surface area contributed by atoms with E-state index in [2.05, 4.69) is 66.4 Å². The summed E-state index contributed by atoms with van der Waals surface area (Å²) in [5, 5.41) is 7.24. The predicted molar refractivity (Wildman–Crippen MR) is 125 cm³/mol. The van der Waals surface area contributed by atoms with Crippen molar-refractivity contribution in [1.82, 2.24) is 15.6 Å². The second kappa shape index (κ2) is 8.46. The highest BCUT2D eigenvalue weighted by molar-refractivity contribution is 6.07. The van der Waals surface area contributed by atoms with Crippen molar-refractivity contribution in [2.75, 3.05) is 6.54 Å². The van der Waals surface area contributed by atoms with Crippen LogP contribution in [0.15, 0.2) is 73.1 Å². The van der Waals surface area contributed by atoms with E-state index in [1.54, 1.807) is 0 Å². The lowest BCUT2D eigenvalue weighted by Gasteiger charge is -2.15. The lowest BCUT2D eigenvalue weighted by molar-refractivity contribution is 0.0953. The molecular weight excluding hydrogens is 370 g/mol. The third-order valence-corrected chi connectivity index (χ3v) is 5.39. The number of benzene rings is 2. The number of unbranched alkanes of at least 4 members (excludes halogenated alkanes) is 1. The number of dihydropyridines is 1. The molecule has 1 aliphatic rings. The van der Waals surface area contributed by atoms with Crippen LogP contribution in [-0.2, 0) is 0 Å². The molecule has 0 radical (unpaired) electrons. The van der Waals surface area contributed by atoms with Crippen LogP contribution < -0.4 is 10.6 Å². The Hall–Kier alpha value is -3.53. The Morgan fingerprint density at radius 3 is 2.80 bits per heavy atom. The van der Waals surface area contributed by atoms with Crippen LogP contribution in [0.1, 0.15) is 41.4 Å². The standard InChI is InChI=1S/C26H27N3O/c1-4-5-13-28-26(30)20-11-12-23-22(16-20)24(19-9-6-8-17(2)15-19)25(29-23)21-10-7-14-27-18(21)3/h6-12,14-16,27,29H,3-5,13H2,1-2H3,(H,28,30). The maximum atomic E-state index is 12.7. The molecule has 0 unspecified atom stereocenters. The van der Waals surface area contributed by atoms with Gasteiger partial charge in [0.2, 0.25) is 0 Å². The SMILES string of the molecule is C=C1NC=CC=C1c1[nH]c2ccc(C(=O)NCCCC)cc2c1-c1cccc(C)c1. The van der Waals surface area contributed by atoms with E-state index in [1.807, 2.05) is 30.5 Å². The second-order valence-electron chi connectivity index (χ2n) is 7.68. The van der Waals surface area contributed by atoms with Gasteiger partial charge in [-0.3, -0.25) is 4.79 Å². The molecule has 3 N–H and O–H groups in total. The average molecular weight is 398 g/mol. The highest BCUT2D eigenvalue weighted by Crippen LogP contribution is 2.38. The summed E-state index contributed by atoms with van der Waals surface area (Å²) in [6, 6.07) is 14.3. The number of H-pyrrole nitrogens is 1. The van der Waals surface area contributed by atoms with Crippen molar-refractivity contribution in [3.05, 3.63) is 89.9 Å². The number of allylic oxidation sites excluding steroid dienone is 3. The molecule has 0 aliphatic carbocycles. The van der Waals surface area contributed by atoms with Gasteiger partial charge in [-0.15, -0.1) is 0 Å². The molecule has 4 nitrogen and oxygen atoms in total. The lowest BCUT2D eigenvalue weighted by atomic mass is 9.95. The van der Waals surface area contributed by atoms with Gasteiger partial charge in [0.25, 0.3) is 5.91 Å². The number of aromatic nitrogens is 1. The van der Waals surface area contributed by atoms with E-state index in [0.29, 0.717) is 12.1 Å². The number of carbonyl (C=O) groups is 1. The van der Waals surface area contributed by atoms with Gasteiger partial charge in [0, 0.05) is 46.0 Å². The molecular formula is C26H27N3O. The number of hydrogen-bond donors (Lipinski definition) is 3. The van der Waals surface area contributed by atoms with E-state index >= 15 is 0 Å². The van der Waals surface area contributed by atoms with Gasteiger partial charge in [0.15, 0.2) is 0 Å². The van der Waals surface area contributed by atoms with Crippen LogP contribution in [0.5, 0.6) is 0 Å². The highest BCUT2D eigenvalue weighted by Gasteiger charge is 2.20. The summed E-state index contributed by atoms with van der Waals surface area (Å²) in [5.74, 6) is -0.0332. The first-order valence-corrected chi connectivity index (χ1v) is 10.4. The number of fused-ring (bicyclic) bond motifs is 1. The van der Waals surface area contributed by atoms with Crippen LogP contribution in [0, 0.1) is 6.92 Å². The van der Waals surface area contributed by atoms with Crippen LogP contribution in [0.3, 0.4) is 0 Å². The molecule has 0 fully saturated rings. The summed E-state index contributed by atoms with van der Waals surface area (Å²) < 4.78 is 0. The Kier molecular flexibility index (Phi) is 5.57. The maximum absolute atomic E-state index is 12.7. The molecule has 30 heavy (non-hydrogen) atoms. The minimum Gasteiger partial charge on any atom is -0.362 e. The topological polar surface area (TPSA) is 56.9 Å². The molecule has 2 heterocycles. The Morgan fingerprint density at radius 1 is 1.17 bits per heavy atom. The summed E-state index contributed by atoms with van der Waals surface area (Å²) in [6.45, 7) is 9.07. The lowest BCUT2D eigenvalue weighted by Crippen LogP contribution is -2.24. The van der Waals surface area contributed by atoms with Crippen molar-refractivity contribution in [3.63, 3.8) is 0 Å². The number of amides is 1. The zero-order chi connectivity index (χ0) is 21.1. The summed E-state index contributed by atoms with van der Waals surface area (Å²) in [7, 11) is 0. The molecule has 0 saturated heterocycles. The Bertz CT molecular complexity index is 1180. The van der Waals surface area contributed by atoms with Crippen molar-refractivity contribution in [2.45, 2.75) is 26.7 Å². The number of rotatable bonds is 6. The third-order valence-electron chi connectivity index (χ3n) is 5.39. The van der Waals surface area contributed by atoms with E-state index in [-0.39, 0.29) is 5.91 Å². The number of aromatic amines is 1. The van der Waals surface area contributed by atoms with Gasteiger partial charge < -0.3 is 15.6 Å². The summed E-state index contributed by atoms with van der Waals surface area (Å²) >= 11 is 0. The van der Waals surface area contributed by atoms with Gasteiger partial charge >= 0.3 is 0 Å². The quantitative estimate of drug-likeness (QED) is 0.468. The fourth-order valence-corrected chi connectivity index (χ4v) is 3.82. The van der Waals surface area contributed by atoms with Crippen LogP contribution >= 0.6 is 0 Å². The molecule has 152 valence electrons. The minimum atomic E-state index is -0.0332. The summed E-state index contributed by atoms with van der Waals surface area (Å²) in [5.41, 5.74) is 7.92. The number of aryl methyl sites for hydroxylation is 1. The fraction of sp³-hybridized carbons (Fsp3) is 0.192. The van der Waals surface area contributed by atoms with E-state index in [1.165, 1.54) is 5.56 Å². The second-order valence-corrected chi connectivity index (χ2v) is 7.68. The van der Waals surface area contributed by atoms with E-state index in [0.717, 1.165) is 51.8 Å². The van der Waals surface area contributed by atoms with Crippen LogP contribution in [0.25, 0.3) is 27.6 Å². The summed E-state index contributed by atoms with van der Waals surface area (Å²) in [6.07, 6.45) is 7.94. The van der Waals surface area contributed by atoms with Crippen LogP contribution in [0.2, 0.25) is 0 Å². The summed E-state index contributed by atoms with van der Waals surface area (Å²) in [4.78, 5) is 16.2. The molecule has 4 heteroatoms. The van der Waals surface area contributed by atoms with Crippen molar-refractivity contribution >= 4 is 22.4 Å². The normalized spacial score (nSPS) is 13.3. The van der Waals surface area contributed by atoms with Crippen LogP contribution in [0.4, 0.5) is 0 Å². The predicted octanol–water partition coefficient (Wildman–Crippen LogP) is 5.69. The molecule has 0 bridgehead atoms. The third kappa shape index (κ3) is 3.81. The number of carbonyl (C=O) groups excluding carboxylic acids is 1. The van der Waals surface area contributed by atoms with E-state index < -0.39 is 0 Å².